The average molecular weight is 539 g/mol. The van der Waals surface area contributed by atoms with Gasteiger partial charge in [-0.05, 0) is 66.2 Å². The Kier molecular flexibility index (Phi) is 6.60. The fourth-order valence-corrected chi connectivity index (χ4v) is 4.14. The van der Waals surface area contributed by atoms with E-state index in [1.54, 1.807) is 54.5 Å². The van der Waals surface area contributed by atoms with Gasteiger partial charge in [0, 0.05) is 11.4 Å². The SMILES string of the molecule is COc1ccc(C2Nc3occc3C(=N)N2c2ccc(NC(=O)Nc3cc(C(F)(F)F)ccc3F)cc2)cc1. The van der Waals surface area contributed by atoms with Crippen molar-refractivity contribution in [3.8, 4) is 5.75 Å². The standard InChI is InChI=1S/C27H21F4N5O3/c1-38-19-9-2-15(3-10-19)24-35-25-20(12-13-39-25)23(32)36(24)18-7-5-17(6-8-18)33-26(37)34-22-14-16(27(29,30)31)4-11-21(22)28/h2-14,24,32,35H,1H3,(H2,33,34,37). The number of hydrogen-bond donors (Lipinski definition) is 4. The smallest absolute Gasteiger partial charge is 0.416 e. The van der Waals surface area contributed by atoms with Crippen LogP contribution in [0.25, 0.3) is 0 Å². The van der Waals surface area contributed by atoms with Crippen LogP contribution >= 0.6 is 0 Å². The Hall–Kier alpha value is -5.00. The predicted octanol–water partition coefficient (Wildman–Crippen LogP) is 7.05. The van der Waals surface area contributed by atoms with E-state index in [2.05, 4.69) is 16.0 Å². The van der Waals surface area contributed by atoms with Crippen LogP contribution in [0.5, 0.6) is 5.75 Å². The number of benzene rings is 3. The number of halogens is 4. The van der Waals surface area contributed by atoms with Crippen LogP contribution in [0.4, 0.5) is 45.3 Å². The van der Waals surface area contributed by atoms with Gasteiger partial charge in [0.1, 0.15) is 23.6 Å². The van der Waals surface area contributed by atoms with Crippen LogP contribution in [0, 0.1) is 11.2 Å². The third-order valence-electron chi connectivity index (χ3n) is 6.06. The second-order valence-electron chi connectivity index (χ2n) is 8.52. The molecule has 1 atom stereocenters. The molecule has 4 aromatic rings. The highest BCUT2D eigenvalue weighted by atomic mass is 19.4. The van der Waals surface area contributed by atoms with Gasteiger partial charge in [0.2, 0.25) is 5.88 Å². The maximum atomic E-state index is 14.0. The van der Waals surface area contributed by atoms with E-state index in [9.17, 15) is 22.4 Å². The Morgan fingerprint density at radius 1 is 1.03 bits per heavy atom. The number of carbonyl (C=O) groups excluding carboxylic acids is 1. The van der Waals surface area contributed by atoms with Crippen LogP contribution in [-0.2, 0) is 6.18 Å². The van der Waals surface area contributed by atoms with E-state index in [0.29, 0.717) is 46.8 Å². The van der Waals surface area contributed by atoms with Gasteiger partial charge in [-0.15, -0.1) is 0 Å². The molecule has 0 saturated carbocycles. The number of furan rings is 1. The minimum atomic E-state index is -4.69. The van der Waals surface area contributed by atoms with Gasteiger partial charge in [-0.1, -0.05) is 12.1 Å². The first kappa shape index (κ1) is 25.6. The third-order valence-corrected chi connectivity index (χ3v) is 6.06. The zero-order valence-corrected chi connectivity index (χ0v) is 20.3. The molecule has 39 heavy (non-hydrogen) atoms. The molecule has 12 heteroatoms. The number of methoxy groups -OCH3 is 1. The Morgan fingerprint density at radius 3 is 2.41 bits per heavy atom. The van der Waals surface area contributed by atoms with Crippen molar-refractivity contribution in [3.63, 3.8) is 0 Å². The molecule has 4 N–H and O–H groups in total. The topological polar surface area (TPSA) is 103 Å². The van der Waals surface area contributed by atoms with Gasteiger partial charge in [0.25, 0.3) is 0 Å². The zero-order chi connectivity index (χ0) is 27.7. The van der Waals surface area contributed by atoms with Crippen LogP contribution in [-0.4, -0.2) is 19.0 Å². The van der Waals surface area contributed by atoms with Gasteiger partial charge < -0.3 is 30.0 Å². The molecule has 5 rings (SSSR count). The maximum absolute atomic E-state index is 14.0. The number of anilines is 4. The first-order valence-corrected chi connectivity index (χ1v) is 11.5. The Labute approximate surface area is 219 Å². The lowest BCUT2D eigenvalue weighted by atomic mass is 10.1. The van der Waals surface area contributed by atoms with Gasteiger partial charge in [-0.25, -0.2) is 9.18 Å². The molecule has 0 fully saturated rings. The summed E-state index contributed by atoms with van der Waals surface area (Å²) in [7, 11) is 1.57. The summed E-state index contributed by atoms with van der Waals surface area (Å²) in [5, 5.41) is 16.7. The summed E-state index contributed by atoms with van der Waals surface area (Å²) >= 11 is 0. The van der Waals surface area contributed by atoms with Crippen LogP contribution in [0.1, 0.15) is 22.9 Å². The van der Waals surface area contributed by atoms with Crippen molar-refractivity contribution in [2.45, 2.75) is 12.3 Å². The van der Waals surface area contributed by atoms with Crippen molar-refractivity contribution in [2.75, 3.05) is 28.0 Å². The lowest BCUT2D eigenvalue weighted by molar-refractivity contribution is -0.137. The average Bonchev–Trinajstić information content (AvgIpc) is 3.39. The first-order chi connectivity index (χ1) is 18.6. The van der Waals surface area contributed by atoms with Crippen molar-refractivity contribution >= 4 is 34.8 Å². The van der Waals surface area contributed by atoms with Gasteiger partial charge in [0.05, 0.1) is 30.2 Å². The minimum absolute atomic E-state index is 0.178. The molecule has 0 saturated heterocycles. The number of nitrogens with zero attached hydrogens (tertiary/aromatic N) is 1. The van der Waals surface area contributed by atoms with Gasteiger partial charge >= 0.3 is 12.2 Å². The summed E-state index contributed by atoms with van der Waals surface area (Å²) in [5.74, 6) is 0.298. The highest BCUT2D eigenvalue weighted by molar-refractivity contribution is 6.13. The second-order valence-corrected chi connectivity index (χ2v) is 8.52. The van der Waals surface area contributed by atoms with Crippen LogP contribution < -0.4 is 25.6 Å². The number of nitrogens with one attached hydrogen (secondary N) is 4. The normalized spacial score (nSPS) is 14.8. The Balaban J connectivity index is 1.36. The number of ether oxygens (including phenoxy) is 1. The number of amidine groups is 1. The van der Waals surface area contributed by atoms with Crippen molar-refractivity contribution in [1.29, 1.82) is 5.41 Å². The summed E-state index contributed by atoms with van der Waals surface area (Å²) < 4.78 is 63.6. The van der Waals surface area contributed by atoms with Crippen molar-refractivity contribution in [2.24, 2.45) is 0 Å². The fraction of sp³-hybridized carbons (Fsp3) is 0.111. The number of amides is 2. The molecule has 2 amide bonds. The molecule has 8 nitrogen and oxygen atoms in total. The van der Waals surface area contributed by atoms with Crippen LogP contribution in [0.2, 0.25) is 0 Å². The molecule has 200 valence electrons. The third kappa shape index (κ3) is 5.21. The summed E-state index contributed by atoms with van der Waals surface area (Å²) in [6.07, 6.45) is -3.71. The van der Waals surface area contributed by atoms with Crippen molar-refractivity contribution in [1.82, 2.24) is 0 Å². The van der Waals surface area contributed by atoms with Crippen LogP contribution in [0.3, 0.4) is 0 Å². The first-order valence-electron chi connectivity index (χ1n) is 11.5. The van der Waals surface area contributed by atoms with Crippen LogP contribution in [0.15, 0.2) is 83.5 Å². The van der Waals surface area contributed by atoms with E-state index in [1.165, 1.54) is 6.26 Å². The molecule has 1 aromatic heterocycles. The summed E-state index contributed by atoms with van der Waals surface area (Å²) in [6.45, 7) is 0. The highest BCUT2D eigenvalue weighted by Crippen LogP contribution is 2.38. The molecule has 1 aliphatic heterocycles. The van der Waals surface area contributed by atoms with Gasteiger partial charge in [-0.2, -0.15) is 13.2 Å². The second kappa shape index (κ2) is 10.0. The van der Waals surface area contributed by atoms with Gasteiger partial charge in [0.15, 0.2) is 0 Å². The highest BCUT2D eigenvalue weighted by Gasteiger charge is 2.34. The molecule has 0 spiro atoms. The van der Waals surface area contributed by atoms with E-state index >= 15 is 0 Å². The largest absolute Gasteiger partial charge is 0.497 e. The van der Waals surface area contributed by atoms with Crippen molar-refractivity contribution in [3.05, 3.63) is 102 Å². The Morgan fingerprint density at radius 2 is 1.74 bits per heavy atom. The maximum Gasteiger partial charge on any atom is 0.416 e. The number of rotatable bonds is 5. The Bertz CT molecular complexity index is 1520. The summed E-state index contributed by atoms with van der Waals surface area (Å²) in [6, 6.07) is 16.3. The minimum Gasteiger partial charge on any atom is -0.497 e. The molecule has 2 heterocycles. The summed E-state index contributed by atoms with van der Waals surface area (Å²) in [4.78, 5) is 14.1. The molecular weight excluding hydrogens is 518 g/mol. The molecule has 1 aliphatic rings. The lowest BCUT2D eigenvalue weighted by Gasteiger charge is -2.38. The number of urea groups is 1. The molecule has 3 aromatic carbocycles. The number of alkyl halides is 3. The monoisotopic (exact) mass is 539 g/mol. The number of fused-ring (bicyclic) bond motifs is 1. The lowest BCUT2D eigenvalue weighted by Crippen LogP contribution is -2.42. The van der Waals surface area contributed by atoms with Crippen molar-refractivity contribution < 1.29 is 31.5 Å². The molecule has 0 radical (unpaired) electrons. The molecule has 1 unspecified atom stereocenters. The van der Waals surface area contributed by atoms with E-state index in [4.69, 9.17) is 14.6 Å². The fourth-order valence-electron chi connectivity index (χ4n) is 4.14. The van der Waals surface area contributed by atoms with E-state index in [-0.39, 0.29) is 5.84 Å². The predicted molar refractivity (Wildman–Crippen MR) is 138 cm³/mol. The van der Waals surface area contributed by atoms with E-state index in [0.717, 1.165) is 5.56 Å². The van der Waals surface area contributed by atoms with E-state index in [1.807, 2.05) is 12.1 Å². The molecular formula is C27H21F4N5O3. The van der Waals surface area contributed by atoms with Gasteiger partial charge in [-0.3, -0.25) is 5.41 Å². The number of hydrogen-bond acceptors (Lipinski definition) is 5. The quantitative estimate of drug-likeness (QED) is 0.204. The molecule has 0 aliphatic carbocycles. The van der Waals surface area contributed by atoms with E-state index < -0.39 is 35.4 Å². The summed E-state index contributed by atoms with van der Waals surface area (Å²) in [5.41, 5.74) is 0.593. The molecule has 0 bridgehead atoms. The zero-order valence-electron chi connectivity index (χ0n) is 20.3. The number of carbonyl (C=O) groups is 1.